The van der Waals surface area contributed by atoms with E-state index in [0.29, 0.717) is 12.6 Å². The van der Waals surface area contributed by atoms with Gasteiger partial charge in [0.25, 0.3) is 0 Å². The first-order chi connectivity index (χ1) is 5.33. The van der Waals surface area contributed by atoms with Gasteiger partial charge in [0.2, 0.25) is 0 Å². The van der Waals surface area contributed by atoms with Crippen LogP contribution in [0.25, 0.3) is 0 Å². The minimum Gasteiger partial charge on any atom is -0.377 e. The molecular formula is C8H15NO2. The molecule has 1 atom stereocenters. The van der Waals surface area contributed by atoms with Gasteiger partial charge in [0.1, 0.15) is 6.29 Å². The van der Waals surface area contributed by atoms with Crippen molar-refractivity contribution in [3.63, 3.8) is 0 Å². The molecule has 0 aromatic rings. The fourth-order valence-electron chi connectivity index (χ4n) is 1.34. The maximum atomic E-state index is 10.1. The lowest BCUT2D eigenvalue weighted by atomic mass is 10.2. The number of carbonyl (C=O) groups excluding carboxylic acids is 1. The second-order valence-corrected chi connectivity index (χ2v) is 3.02. The Kier molecular flexibility index (Phi) is 3.52. The molecule has 64 valence electrons. The fraction of sp³-hybridized carbons (Fsp3) is 0.875. The zero-order valence-corrected chi connectivity index (χ0v) is 6.95. The zero-order chi connectivity index (χ0) is 8.10. The van der Waals surface area contributed by atoms with E-state index in [1.54, 1.807) is 0 Å². The van der Waals surface area contributed by atoms with Gasteiger partial charge >= 0.3 is 0 Å². The van der Waals surface area contributed by atoms with Crippen LogP contribution in [0.15, 0.2) is 0 Å². The molecule has 0 aromatic carbocycles. The molecule has 0 spiro atoms. The second-order valence-electron chi connectivity index (χ2n) is 3.02. The highest BCUT2D eigenvalue weighted by atomic mass is 16.5. The van der Waals surface area contributed by atoms with Crippen molar-refractivity contribution in [1.29, 1.82) is 0 Å². The summed E-state index contributed by atoms with van der Waals surface area (Å²) in [4.78, 5) is 12.1. The van der Waals surface area contributed by atoms with Crippen LogP contribution in [0.4, 0.5) is 0 Å². The Balaban J connectivity index is 2.12. The molecule has 1 saturated heterocycles. The highest BCUT2D eigenvalue weighted by Crippen LogP contribution is 2.12. The summed E-state index contributed by atoms with van der Waals surface area (Å²) in [6, 6.07) is 0. The second kappa shape index (κ2) is 4.46. The van der Waals surface area contributed by atoms with E-state index in [-0.39, 0.29) is 0 Å². The number of carbonyl (C=O) groups is 1. The van der Waals surface area contributed by atoms with Crippen LogP contribution in [0.3, 0.4) is 0 Å². The van der Waals surface area contributed by atoms with Crippen LogP contribution < -0.4 is 0 Å². The van der Waals surface area contributed by atoms with Crippen LogP contribution in [0.1, 0.15) is 12.8 Å². The molecule has 0 N–H and O–H groups in total. The minimum absolute atomic E-state index is 0.361. The summed E-state index contributed by atoms with van der Waals surface area (Å²) >= 11 is 0. The van der Waals surface area contributed by atoms with E-state index in [4.69, 9.17) is 4.74 Å². The predicted octanol–water partition coefficient (Wildman–Crippen LogP) is 0.296. The van der Waals surface area contributed by atoms with Gasteiger partial charge in [-0.25, -0.2) is 0 Å². The third-order valence-corrected chi connectivity index (χ3v) is 1.93. The average molecular weight is 157 g/mol. The van der Waals surface area contributed by atoms with Crippen LogP contribution in [0.2, 0.25) is 0 Å². The molecule has 1 rings (SSSR count). The molecule has 1 heterocycles. The molecule has 3 heteroatoms. The third-order valence-electron chi connectivity index (χ3n) is 1.93. The van der Waals surface area contributed by atoms with Crippen molar-refractivity contribution < 1.29 is 9.53 Å². The Labute approximate surface area is 67.3 Å². The van der Waals surface area contributed by atoms with Crippen LogP contribution in [-0.4, -0.2) is 44.0 Å². The Bertz CT molecular complexity index is 121. The summed E-state index contributed by atoms with van der Waals surface area (Å²) in [7, 11) is 1.94. The van der Waals surface area contributed by atoms with E-state index >= 15 is 0 Å². The summed E-state index contributed by atoms with van der Waals surface area (Å²) in [6.45, 7) is 2.29. The van der Waals surface area contributed by atoms with Gasteiger partial charge in [-0.2, -0.15) is 0 Å². The van der Waals surface area contributed by atoms with Gasteiger partial charge in [0.15, 0.2) is 0 Å². The van der Waals surface area contributed by atoms with Gasteiger partial charge in [-0.05, 0) is 19.9 Å². The first-order valence-corrected chi connectivity index (χ1v) is 4.06. The van der Waals surface area contributed by atoms with E-state index in [1.165, 1.54) is 6.42 Å². The predicted molar refractivity (Wildman–Crippen MR) is 42.5 cm³/mol. The summed E-state index contributed by atoms with van der Waals surface area (Å²) in [5, 5.41) is 0. The number of rotatable bonds is 4. The number of aldehydes is 1. The normalized spacial score (nSPS) is 24.4. The number of ether oxygens (including phenoxy) is 1. The molecule has 0 amide bonds. The van der Waals surface area contributed by atoms with Crippen molar-refractivity contribution in [3.8, 4) is 0 Å². The lowest BCUT2D eigenvalue weighted by molar-refractivity contribution is -0.108. The quantitative estimate of drug-likeness (QED) is 0.549. The molecule has 0 bridgehead atoms. The first-order valence-electron chi connectivity index (χ1n) is 4.06. The monoisotopic (exact) mass is 157 g/mol. The summed E-state index contributed by atoms with van der Waals surface area (Å²) in [5.41, 5.74) is 0. The van der Waals surface area contributed by atoms with E-state index in [2.05, 4.69) is 0 Å². The first kappa shape index (κ1) is 8.68. The zero-order valence-electron chi connectivity index (χ0n) is 6.95. The molecular weight excluding hydrogens is 142 g/mol. The maximum Gasteiger partial charge on any atom is 0.133 e. The van der Waals surface area contributed by atoms with Crippen molar-refractivity contribution in [3.05, 3.63) is 0 Å². The van der Waals surface area contributed by atoms with Crippen molar-refractivity contribution in [2.75, 3.05) is 26.7 Å². The molecule has 0 aliphatic carbocycles. The van der Waals surface area contributed by atoms with Gasteiger partial charge in [-0.3, -0.25) is 4.90 Å². The van der Waals surface area contributed by atoms with Crippen molar-refractivity contribution >= 4 is 6.29 Å². The highest BCUT2D eigenvalue weighted by Gasteiger charge is 2.16. The van der Waals surface area contributed by atoms with E-state index in [1.807, 2.05) is 11.9 Å². The minimum atomic E-state index is 0.361. The Morgan fingerprint density at radius 1 is 1.73 bits per heavy atom. The molecule has 1 aliphatic rings. The Morgan fingerprint density at radius 3 is 3.09 bits per heavy atom. The van der Waals surface area contributed by atoms with Gasteiger partial charge in [0.05, 0.1) is 12.6 Å². The van der Waals surface area contributed by atoms with Crippen molar-refractivity contribution in [1.82, 2.24) is 4.90 Å². The standard InChI is InChI=1S/C8H15NO2/c1-9(4-5-10)7-8-3-2-6-11-8/h5,8H,2-4,6-7H2,1H3. The molecule has 0 aromatic heterocycles. The lowest BCUT2D eigenvalue weighted by Crippen LogP contribution is -2.29. The average Bonchev–Trinajstić information content (AvgIpc) is 2.40. The maximum absolute atomic E-state index is 10.1. The molecule has 0 radical (unpaired) electrons. The number of hydrogen-bond acceptors (Lipinski definition) is 3. The smallest absolute Gasteiger partial charge is 0.133 e. The van der Waals surface area contributed by atoms with E-state index in [0.717, 1.165) is 25.9 Å². The van der Waals surface area contributed by atoms with Crippen molar-refractivity contribution in [2.24, 2.45) is 0 Å². The molecule has 0 saturated carbocycles. The SMILES string of the molecule is CN(CC=O)CC1CCCO1. The lowest BCUT2D eigenvalue weighted by Gasteiger charge is -2.17. The van der Waals surface area contributed by atoms with Crippen molar-refractivity contribution in [2.45, 2.75) is 18.9 Å². The Hall–Kier alpha value is -0.410. The van der Waals surface area contributed by atoms with Crippen LogP contribution >= 0.6 is 0 Å². The van der Waals surface area contributed by atoms with Gasteiger partial charge in [-0.1, -0.05) is 0 Å². The topological polar surface area (TPSA) is 29.5 Å². The number of hydrogen-bond donors (Lipinski definition) is 0. The van der Waals surface area contributed by atoms with Crippen LogP contribution in [0.5, 0.6) is 0 Å². The van der Waals surface area contributed by atoms with Crippen LogP contribution in [0, 0.1) is 0 Å². The third kappa shape index (κ3) is 2.99. The molecule has 3 nitrogen and oxygen atoms in total. The summed E-state index contributed by atoms with van der Waals surface area (Å²) in [5.74, 6) is 0. The van der Waals surface area contributed by atoms with Gasteiger partial charge < -0.3 is 9.53 Å². The van der Waals surface area contributed by atoms with E-state index < -0.39 is 0 Å². The molecule has 11 heavy (non-hydrogen) atoms. The molecule has 1 fully saturated rings. The number of nitrogens with zero attached hydrogens (tertiary/aromatic N) is 1. The highest BCUT2D eigenvalue weighted by molar-refractivity contribution is 5.51. The Morgan fingerprint density at radius 2 is 2.55 bits per heavy atom. The summed E-state index contributed by atoms with van der Waals surface area (Å²) < 4.78 is 5.41. The van der Waals surface area contributed by atoms with Gasteiger partial charge in [-0.15, -0.1) is 0 Å². The fourth-order valence-corrected chi connectivity index (χ4v) is 1.34. The van der Waals surface area contributed by atoms with Crippen LogP contribution in [-0.2, 0) is 9.53 Å². The molecule has 1 unspecified atom stereocenters. The van der Waals surface area contributed by atoms with Gasteiger partial charge in [0, 0.05) is 13.2 Å². The molecule has 1 aliphatic heterocycles. The van der Waals surface area contributed by atoms with E-state index in [9.17, 15) is 4.79 Å². The largest absolute Gasteiger partial charge is 0.377 e. The summed E-state index contributed by atoms with van der Waals surface area (Å²) in [6.07, 6.45) is 3.59. The number of likely N-dealkylation sites (N-methyl/N-ethyl adjacent to an activating group) is 1.